The number of hydrogen-bond donors (Lipinski definition) is 1. The first-order valence-corrected chi connectivity index (χ1v) is 9.76. The van der Waals surface area contributed by atoms with Gasteiger partial charge < -0.3 is 15.1 Å². The van der Waals surface area contributed by atoms with Crippen LogP contribution in [0.25, 0.3) is 0 Å². The molecule has 152 valence electrons. The number of halogens is 2. The van der Waals surface area contributed by atoms with Gasteiger partial charge in [0.15, 0.2) is 0 Å². The number of benzene rings is 2. The van der Waals surface area contributed by atoms with Crippen LogP contribution < -0.4 is 5.32 Å². The fourth-order valence-corrected chi connectivity index (χ4v) is 4.07. The van der Waals surface area contributed by atoms with Gasteiger partial charge in [-0.15, -0.1) is 0 Å². The van der Waals surface area contributed by atoms with Gasteiger partial charge in [0.05, 0.1) is 6.54 Å². The second-order valence-corrected chi connectivity index (χ2v) is 7.62. The van der Waals surface area contributed by atoms with Crippen LogP contribution in [-0.4, -0.2) is 47.0 Å². The number of fused-ring (bicyclic) bond motifs is 1. The molecule has 2 aliphatic rings. The topological polar surface area (TPSA) is 52.7 Å². The number of carbonyl (C=O) groups is 2. The predicted octanol–water partition coefficient (Wildman–Crippen LogP) is 3.66. The van der Waals surface area contributed by atoms with Gasteiger partial charge in [-0.05, 0) is 36.6 Å². The summed E-state index contributed by atoms with van der Waals surface area (Å²) in [5, 5.41) is 2.63. The van der Waals surface area contributed by atoms with Gasteiger partial charge in [-0.1, -0.05) is 30.3 Å². The van der Waals surface area contributed by atoms with E-state index in [0.717, 1.165) is 12.0 Å². The molecule has 0 radical (unpaired) electrons. The number of urea groups is 1. The minimum Gasteiger partial charge on any atom is -0.336 e. The minimum atomic E-state index is -1.26. The number of anilines is 1. The molecule has 3 amide bonds. The lowest BCUT2D eigenvalue weighted by molar-refractivity contribution is -0.136. The molecule has 0 aromatic heterocycles. The summed E-state index contributed by atoms with van der Waals surface area (Å²) in [6.07, 6.45) is -0.546. The van der Waals surface area contributed by atoms with E-state index in [1.165, 1.54) is 22.6 Å². The summed E-state index contributed by atoms with van der Waals surface area (Å²) in [5.74, 6) is -0.682. The Morgan fingerprint density at radius 3 is 2.66 bits per heavy atom. The van der Waals surface area contributed by atoms with Crippen molar-refractivity contribution in [3.63, 3.8) is 0 Å². The largest absolute Gasteiger partial charge is 0.336 e. The van der Waals surface area contributed by atoms with E-state index >= 15 is 0 Å². The summed E-state index contributed by atoms with van der Waals surface area (Å²) in [6, 6.07) is 10.9. The third-order valence-electron chi connectivity index (χ3n) is 5.75. The zero-order valence-electron chi connectivity index (χ0n) is 16.2. The first-order valence-electron chi connectivity index (χ1n) is 9.76. The van der Waals surface area contributed by atoms with Gasteiger partial charge in [0.1, 0.15) is 18.0 Å². The Morgan fingerprint density at radius 2 is 1.86 bits per heavy atom. The lowest BCUT2D eigenvalue weighted by Gasteiger charge is -2.33. The first-order chi connectivity index (χ1) is 13.9. The van der Waals surface area contributed by atoms with Gasteiger partial charge in [0.2, 0.25) is 5.91 Å². The van der Waals surface area contributed by atoms with Gasteiger partial charge in [-0.25, -0.2) is 13.6 Å². The number of hydrogen-bond acceptors (Lipinski definition) is 2. The van der Waals surface area contributed by atoms with Crippen molar-refractivity contribution < 1.29 is 18.4 Å². The third-order valence-corrected chi connectivity index (χ3v) is 5.75. The highest BCUT2D eigenvalue weighted by Gasteiger charge is 2.42. The number of carbonyl (C=O) groups excluding carboxylic acids is 2. The van der Waals surface area contributed by atoms with Crippen LogP contribution in [-0.2, 0) is 17.8 Å². The molecule has 1 N–H and O–H groups in total. The van der Waals surface area contributed by atoms with E-state index in [4.69, 9.17) is 0 Å². The lowest BCUT2D eigenvalue weighted by Crippen LogP contribution is -2.50. The van der Waals surface area contributed by atoms with E-state index in [-0.39, 0.29) is 18.9 Å². The number of alkyl halides is 1. The van der Waals surface area contributed by atoms with E-state index < -0.39 is 24.1 Å². The second-order valence-electron chi connectivity index (χ2n) is 7.62. The predicted molar refractivity (Wildman–Crippen MR) is 106 cm³/mol. The van der Waals surface area contributed by atoms with Gasteiger partial charge in [0.25, 0.3) is 0 Å². The molecule has 4 rings (SSSR count). The fourth-order valence-electron chi connectivity index (χ4n) is 4.07. The lowest BCUT2D eigenvalue weighted by atomic mass is 9.99. The number of nitrogens with zero attached hydrogens (tertiary/aromatic N) is 2. The Kier molecular flexibility index (Phi) is 5.22. The molecule has 29 heavy (non-hydrogen) atoms. The van der Waals surface area contributed by atoms with E-state index in [0.29, 0.717) is 24.3 Å². The van der Waals surface area contributed by atoms with Gasteiger partial charge in [-0.3, -0.25) is 4.79 Å². The number of nitrogens with one attached hydrogen (secondary N) is 1. The zero-order valence-corrected chi connectivity index (χ0v) is 16.2. The normalized spacial score (nSPS) is 21.1. The van der Waals surface area contributed by atoms with Crippen molar-refractivity contribution >= 4 is 17.6 Å². The van der Waals surface area contributed by atoms with Crippen molar-refractivity contribution in [2.45, 2.75) is 38.5 Å². The molecule has 2 aliphatic heterocycles. The summed E-state index contributed by atoms with van der Waals surface area (Å²) in [4.78, 5) is 28.8. The van der Waals surface area contributed by atoms with Crippen molar-refractivity contribution in [1.82, 2.24) is 9.80 Å². The molecule has 5 nitrogen and oxygen atoms in total. The van der Waals surface area contributed by atoms with Crippen molar-refractivity contribution in [3.8, 4) is 0 Å². The Hall–Kier alpha value is -2.96. The summed E-state index contributed by atoms with van der Waals surface area (Å²) in [6.45, 7) is 2.41. The van der Waals surface area contributed by atoms with E-state index in [1.54, 1.807) is 17.9 Å². The third kappa shape index (κ3) is 3.81. The molecule has 2 atom stereocenters. The highest BCUT2D eigenvalue weighted by Crippen LogP contribution is 2.27. The Bertz CT molecular complexity index is 949. The van der Waals surface area contributed by atoms with Crippen LogP contribution in [0.5, 0.6) is 0 Å². The van der Waals surface area contributed by atoms with Crippen molar-refractivity contribution in [2.24, 2.45) is 0 Å². The Balaban J connectivity index is 1.50. The molecule has 7 heteroatoms. The summed E-state index contributed by atoms with van der Waals surface area (Å²) >= 11 is 0. The van der Waals surface area contributed by atoms with Crippen LogP contribution in [0.3, 0.4) is 0 Å². The molecule has 0 bridgehead atoms. The molecule has 0 aliphatic carbocycles. The highest BCUT2D eigenvalue weighted by molar-refractivity contribution is 5.95. The number of rotatable bonds is 2. The van der Waals surface area contributed by atoms with Gasteiger partial charge >= 0.3 is 6.03 Å². The smallest absolute Gasteiger partial charge is 0.322 e. The highest BCUT2D eigenvalue weighted by atomic mass is 19.1. The summed E-state index contributed by atoms with van der Waals surface area (Å²) in [7, 11) is 0. The average Bonchev–Trinajstić information content (AvgIpc) is 3.12. The summed E-state index contributed by atoms with van der Waals surface area (Å²) < 4.78 is 27.9. The maximum atomic E-state index is 14.2. The summed E-state index contributed by atoms with van der Waals surface area (Å²) in [5.41, 5.74) is 2.90. The van der Waals surface area contributed by atoms with E-state index in [9.17, 15) is 18.4 Å². The van der Waals surface area contributed by atoms with Crippen LogP contribution in [0.2, 0.25) is 0 Å². The molecule has 2 aromatic rings. The standard InChI is InChI=1S/C22H23F2N3O2/c1-14-18(24)7-4-8-19(14)25-22(29)27-13-17(23)11-20(27)21(28)26-10-9-15-5-2-3-6-16(15)12-26/h2-8,17,20H,9-13H2,1H3,(H,25,29). The first kappa shape index (κ1) is 19.4. The SMILES string of the molecule is Cc1c(F)cccc1NC(=O)N1CC(F)CC1C(=O)N1CCc2ccccc2C1. The van der Waals surface area contributed by atoms with Crippen molar-refractivity contribution in [1.29, 1.82) is 0 Å². The molecule has 0 saturated carbocycles. The quantitative estimate of drug-likeness (QED) is 0.838. The Morgan fingerprint density at radius 1 is 1.10 bits per heavy atom. The van der Waals surface area contributed by atoms with E-state index in [1.807, 2.05) is 24.3 Å². The van der Waals surface area contributed by atoms with Crippen LogP contribution in [0.4, 0.5) is 19.3 Å². The molecule has 2 heterocycles. The van der Waals surface area contributed by atoms with E-state index in [2.05, 4.69) is 5.32 Å². The molecular weight excluding hydrogens is 376 g/mol. The molecule has 0 spiro atoms. The van der Waals surface area contributed by atoms with Crippen LogP contribution >= 0.6 is 0 Å². The minimum absolute atomic E-state index is 0.0213. The Labute approximate surface area is 168 Å². The van der Waals surface area contributed by atoms with Crippen molar-refractivity contribution in [2.75, 3.05) is 18.4 Å². The zero-order chi connectivity index (χ0) is 20.5. The molecule has 2 aromatic carbocycles. The number of likely N-dealkylation sites (tertiary alicyclic amines) is 1. The number of amides is 3. The van der Waals surface area contributed by atoms with Gasteiger partial charge in [0, 0.05) is 30.8 Å². The van der Waals surface area contributed by atoms with Crippen LogP contribution in [0, 0.1) is 12.7 Å². The fraction of sp³-hybridized carbons (Fsp3) is 0.364. The van der Waals surface area contributed by atoms with Gasteiger partial charge in [-0.2, -0.15) is 0 Å². The maximum absolute atomic E-state index is 14.2. The molecule has 2 unspecified atom stereocenters. The molecular formula is C22H23F2N3O2. The average molecular weight is 399 g/mol. The monoisotopic (exact) mass is 399 g/mol. The maximum Gasteiger partial charge on any atom is 0.322 e. The van der Waals surface area contributed by atoms with Crippen LogP contribution in [0.15, 0.2) is 42.5 Å². The molecule has 1 fully saturated rings. The van der Waals surface area contributed by atoms with Crippen LogP contribution in [0.1, 0.15) is 23.1 Å². The molecule has 1 saturated heterocycles. The second kappa shape index (κ2) is 7.81. The van der Waals surface area contributed by atoms with Crippen molar-refractivity contribution in [3.05, 3.63) is 65.0 Å².